The average Bonchev–Trinajstić information content (AvgIpc) is 3.00. The van der Waals surface area contributed by atoms with E-state index in [2.05, 4.69) is 10.3 Å². The van der Waals surface area contributed by atoms with Crippen LogP contribution in [0.25, 0.3) is 0 Å². The van der Waals surface area contributed by atoms with Gasteiger partial charge in [0.2, 0.25) is 0 Å². The molecule has 0 radical (unpaired) electrons. The summed E-state index contributed by atoms with van der Waals surface area (Å²) >= 11 is 0. The number of rotatable bonds is 7. The van der Waals surface area contributed by atoms with Gasteiger partial charge in [0.05, 0.1) is 23.3 Å². The van der Waals surface area contributed by atoms with E-state index >= 15 is 0 Å². The van der Waals surface area contributed by atoms with Gasteiger partial charge in [-0.05, 0) is 20.9 Å². The van der Waals surface area contributed by atoms with Crippen LogP contribution in [0.2, 0.25) is 0 Å². The maximum atomic E-state index is 10.6. The van der Waals surface area contributed by atoms with E-state index in [1.807, 2.05) is 25.8 Å². The van der Waals surface area contributed by atoms with Crippen LogP contribution in [0.5, 0.6) is 0 Å². The van der Waals surface area contributed by atoms with Crippen molar-refractivity contribution in [1.29, 1.82) is 0 Å². The molecule has 0 saturated heterocycles. The van der Waals surface area contributed by atoms with Crippen molar-refractivity contribution in [2.24, 2.45) is 0 Å². The molecule has 2 aromatic heterocycles. The van der Waals surface area contributed by atoms with Gasteiger partial charge in [-0.2, -0.15) is 5.10 Å². The first-order valence-corrected chi connectivity index (χ1v) is 6.82. The van der Waals surface area contributed by atoms with E-state index in [1.165, 1.54) is 17.1 Å². The Balaban J connectivity index is 1.88. The molecular formula is C13H19N5O4. The first kappa shape index (κ1) is 16.1. The zero-order valence-electron chi connectivity index (χ0n) is 12.8. The second kappa shape index (κ2) is 6.67. The van der Waals surface area contributed by atoms with Gasteiger partial charge in [0.25, 0.3) is 0 Å². The summed E-state index contributed by atoms with van der Waals surface area (Å²) in [5.74, 6) is 0.765. The summed E-state index contributed by atoms with van der Waals surface area (Å²) in [5, 5.41) is 28.4. The van der Waals surface area contributed by atoms with Gasteiger partial charge in [0.15, 0.2) is 0 Å². The first-order valence-electron chi connectivity index (χ1n) is 6.82. The van der Waals surface area contributed by atoms with Gasteiger partial charge in [-0.15, -0.1) is 0 Å². The highest BCUT2D eigenvalue weighted by atomic mass is 16.6. The molecule has 120 valence electrons. The molecule has 0 aromatic carbocycles. The Hall–Kier alpha value is -2.26. The summed E-state index contributed by atoms with van der Waals surface area (Å²) in [7, 11) is 1.88. The van der Waals surface area contributed by atoms with Crippen LogP contribution in [0.15, 0.2) is 16.9 Å². The second-order valence-corrected chi connectivity index (χ2v) is 5.33. The largest absolute Gasteiger partial charge is 0.390 e. The van der Waals surface area contributed by atoms with E-state index in [-0.39, 0.29) is 12.2 Å². The molecule has 9 heteroatoms. The van der Waals surface area contributed by atoms with Crippen molar-refractivity contribution in [3.05, 3.63) is 39.5 Å². The number of aromatic nitrogens is 3. The van der Waals surface area contributed by atoms with Crippen molar-refractivity contribution in [1.82, 2.24) is 19.8 Å². The number of hydrogen-bond donors (Lipinski definition) is 1. The molecule has 0 bridgehead atoms. The average molecular weight is 309 g/mol. The van der Waals surface area contributed by atoms with E-state index in [0.29, 0.717) is 13.1 Å². The van der Waals surface area contributed by atoms with Crippen LogP contribution in [-0.2, 0) is 13.1 Å². The molecule has 0 aliphatic rings. The predicted molar refractivity (Wildman–Crippen MR) is 77.2 cm³/mol. The lowest BCUT2D eigenvalue weighted by atomic mass is 10.2. The number of nitrogens with zero attached hydrogens (tertiary/aromatic N) is 5. The molecule has 9 nitrogen and oxygen atoms in total. The lowest BCUT2D eigenvalue weighted by molar-refractivity contribution is -0.385. The fourth-order valence-electron chi connectivity index (χ4n) is 2.24. The number of nitro groups is 1. The highest BCUT2D eigenvalue weighted by Crippen LogP contribution is 2.14. The summed E-state index contributed by atoms with van der Waals surface area (Å²) in [6.07, 6.45) is 1.78. The van der Waals surface area contributed by atoms with Crippen LogP contribution in [0.4, 0.5) is 5.69 Å². The molecule has 1 N–H and O–H groups in total. The van der Waals surface area contributed by atoms with Gasteiger partial charge >= 0.3 is 5.69 Å². The lowest BCUT2D eigenvalue weighted by Gasteiger charge is -2.20. The van der Waals surface area contributed by atoms with Crippen LogP contribution in [0.1, 0.15) is 17.0 Å². The molecule has 2 heterocycles. The van der Waals surface area contributed by atoms with Crippen molar-refractivity contribution in [3.63, 3.8) is 0 Å². The molecule has 0 aliphatic heterocycles. The third kappa shape index (κ3) is 3.89. The minimum Gasteiger partial charge on any atom is -0.390 e. The van der Waals surface area contributed by atoms with Crippen LogP contribution in [-0.4, -0.2) is 49.6 Å². The molecule has 1 atom stereocenters. The van der Waals surface area contributed by atoms with Gasteiger partial charge in [0, 0.05) is 18.7 Å². The van der Waals surface area contributed by atoms with Gasteiger partial charge in [-0.25, -0.2) is 0 Å². The Morgan fingerprint density at radius 1 is 1.55 bits per heavy atom. The lowest BCUT2D eigenvalue weighted by Crippen LogP contribution is -2.32. The Morgan fingerprint density at radius 2 is 2.27 bits per heavy atom. The van der Waals surface area contributed by atoms with E-state index < -0.39 is 11.0 Å². The topological polar surface area (TPSA) is 110 Å². The number of aliphatic hydroxyl groups excluding tert-OH is 1. The van der Waals surface area contributed by atoms with Gasteiger partial charge < -0.3 is 9.63 Å². The molecule has 0 fully saturated rings. The fraction of sp³-hybridized carbons (Fsp3) is 0.538. The smallest absolute Gasteiger partial charge is 0.306 e. The Morgan fingerprint density at radius 3 is 2.82 bits per heavy atom. The monoisotopic (exact) mass is 309 g/mol. The Bertz CT molecular complexity index is 631. The van der Waals surface area contributed by atoms with Crippen molar-refractivity contribution >= 4 is 5.69 Å². The quantitative estimate of drug-likeness (QED) is 0.597. The molecule has 22 heavy (non-hydrogen) atoms. The maximum Gasteiger partial charge on any atom is 0.306 e. The van der Waals surface area contributed by atoms with E-state index in [9.17, 15) is 15.2 Å². The highest BCUT2D eigenvalue weighted by Gasteiger charge is 2.16. The molecule has 0 amide bonds. The van der Waals surface area contributed by atoms with Crippen molar-refractivity contribution in [2.45, 2.75) is 33.0 Å². The van der Waals surface area contributed by atoms with Crippen molar-refractivity contribution < 1.29 is 14.6 Å². The Labute approximate surface area is 127 Å². The normalized spacial score (nSPS) is 12.8. The summed E-state index contributed by atoms with van der Waals surface area (Å²) < 4.78 is 6.47. The second-order valence-electron chi connectivity index (χ2n) is 5.33. The summed E-state index contributed by atoms with van der Waals surface area (Å²) in [6.45, 7) is 4.93. The van der Waals surface area contributed by atoms with Crippen LogP contribution < -0.4 is 0 Å². The summed E-state index contributed by atoms with van der Waals surface area (Å²) in [4.78, 5) is 12.0. The van der Waals surface area contributed by atoms with E-state index in [1.54, 1.807) is 0 Å². The van der Waals surface area contributed by atoms with Gasteiger partial charge in [-0.3, -0.25) is 19.7 Å². The third-order valence-electron chi connectivity index (χ3n) is 3.36. The molecule has 1 unspecified atom stereocenters. The van der Waals surface area contributed by atoms with Crippen LogP contribution in [0.3, 0.4) is 0 Å². The highest BCUT2D eigenvalue weighted by molar-refractivity contribution is 5.21. The van der Waals surface area contributed by atoms with Crippen LogP contribution >= 0.6 is 0 Å². The summed E-state index contributed by atoms with van der Waals surface area (Å²) in [5.41, 5.74) is 1.75. The molecule has 0 saturated carbocycles. The number of hydrogen-bond acceptors (Lipinski definition) is 7. The SMILES string of the molecule is Cc1noc(C)c1CN(C)CC(O)Cn1cc([N+](=O)[O-])cn1. The van der Waals surface area contributed by atoms with Gasteiger partial charge in [-0.1, -0.05) is 5.16 Å². The fourth-order valence-corrected chi connectivity index (χ4v) is 2.24. The minimum absolute atomic E-state index is 0.0868. The van der Waals surface area contributed by atoms with E-state index in [0.717, 1.165) is 17.0 Å². The molecule has 0 aliphatic carbocycles. The molecule has 2 rings (SSSR count). The standard InChI is InChI=1S/C13H19N5O4/c1-9-13(10(2)22-15-9)8-16(3)6-12(19)7-17-5-11(4-14-17)18(20)21/h4-5,12,19H,6-8H2,1-3H3. The van der Waals surface area contributed by atoms with Crippen LogP contribution in [0, 0.1) is 24.0 Å². The Kier molecular flexibility index (Phi) is 4.88. The van der Waals surface area contributed by atoms with Crippen molar-refractivity contribution in [3.8, 4) is 0 Å². The summed E-state index contributed by atoms with van der Waals surface area (Å²) in [6, 6.07) is 0. The minimum atomic E-state index is -0.690. The number of aryl methyl sites for hydroxylation is 2. The van der Waals surface area contributed by atoms with Crippen molar-refractivity contribution in [2.75, 3.05) is 13.6 Å². The molecule has 0 spiro atoms. The first-order chi connectivity index (χ1) is 10.4. The van der Waals surface area contributed by atoms with Gasteiger partial charge in [0.1, 0.15) is 18.2 Å². The van der Waals surface area contributed by atoms with E-state index in [4.69, 9.17) is 4.52 Å². The number of likely N-dealkylation sites (N-methyl/N-ethyl adjacent to an activating group) is 1. The molecule has 2 aromatic rings. The molecular weight excluding hydrogens is 290 g/mol. The number of aliphatic hydroxyl groups is 1. The third-order valence-corrected chi connectivity index (χ3v) is 3.36. The zero-order valence-corrected chi connectivity index (χ0v) is 12.8. The predicted octanol–water partition coefficient (Wildman–Crippen LogP) is 0.889. The zero-order chi connectivity index (χ0) is 16.3. The maximum absolute atomic E-state index is 10.6.